The molecule has 3 atom stereocenters. The van der Waals surface area contributed by atoms with E-state index in [9.17, 15) is 22.8 Å². The van der Waals surface area contributed by atoms with Crippen LogP contribution in [0.3, 0.4) is 0 Å². The van der Waals surface area contributed by atoms with Crippen molar-refractivity contribution in [1.29, 1.82) is 0 Å². The molecular formula is C23H29F3N2O4. The van der Waals surface area contributed by atoms with Crippen LogP contribution in [0.4, 0.5) is 18.0 Å². The van der Waals surface area contributed by atoms with Gasteiger partial charge in [0.05, 0.1) is 18.2 Å². The van der Waals surface area contributed by atoms with E-state index in [1.54, 1.807) is 25.7 Å². The number of carbonyl (C=O) groups is 2. The SMILES string of the molecule is CC(C)(C)OC(=O)N1CCC2(CC1)OCC2N(C(=O)C(F)(F)F)[C@@H]1C[C@H]1c1ccccc1. The lowest BCUT2D eigenvalue weighted by molar-refractivity contribution is -0.245. The Morgan fingerprint density at radius 1 is 1.12 bits per heavy atom. The number of amides is 2. The lowest BCUT2D eigenvalue weighted by atomic mass is 9.79. The van der Waals surface area contributed by atoms with E-state index in [1.165, 1.54) is 0 Å². The monoisotopic (exact) mass is 454 g/mol. The van der Waals surface area contributed by atoms with Crippen LogP contribution in [0.2, 0.25) is 0 Å². The van der Waals surface area contributed by atoms with Crippen molar-refractivity contribution in [2.24, 2.45) is 0 Å². The summed E-state index contributed by atoms with van der Waals surface area (Å²) >= 11 is 0. The van der Waals surface area contributed by atoms with E-state index >= 15 is 0 Å². The molecule has 2 heterocycles. The maximum atomic E-state index is 13.5. The molecule has 0 radical (unpaired) electrons. The van der Waals surface area contributed by atoms with E-state index in [0.717, 1.165) is 10.5 Å². The molecule has 1 aromatic rings. The Bertz CT molecular complexity index is 860. The smallest absolute Gasteiger partial charge is 0.444 e. The molecule has 176 valence electrons. The second-order valence-electron chi connectivity index (χ2n) is 9.89. The van der Waals surface area contributed by atoms with Crippen LogP contribution < -0.4 is 0 Å². The first-order chi connectivity index (χ1) is 14.9. The standard InChI is InChI=1S/C23H29F3N2O4/c1-21(2,3)32-20(30)27-11-9-22(10-12-27)18(14-31-22)28(19(29)23(24,25)26)17-13-16(17)15-7-5-4-6-8-15/h4-8,16-18H,9-14H2,1-3H3/t16-,17+,18?/m0/s1. The highest BCUT2D eigenvalue weighted by atomic mass is 19.4. The summed E-state index contributed by atoms with van der Waals surface area (Å²) in [6, 6.07) is 8.16. The van der Waals surface area contributed by atoms with Gasteiger partial charge in [0.2, 0.25) is 0 Å². The molecule has 2 amide bonds. The van der Waals surface area contributed by atoms with E-state index in [0.29, 0.717) is 32.4 Å². The summed E-state index contributed by atoms with van der Waals surface area (Å²) in [5.74, 6) is -1.91. The molecule has 0 N–H and O–H groups in total. The molecule has 0 aromatic heterocycles. The molecule has 2 saturated heterocycles. The van der Waals surface area contributed by atoms with Crippen LogP contribution in [0.5, 0.6) is 0 Å². The van der Waals surface area contributed by atoms with Crippen molar-refractivity contribution in [2.45, 2.75) is 75.4 Å². The van der Waals surface area contributed by atoms with Crippen LogP contribution in [0.15, 0.2) is 30.3 Å². The molecule has 1 aromatic carbocycles. The second kappa shape index (κ2) is 7.93. The Labute approximate surface area is 185 Å². The number of likely N-dealkylation sites (tertiary alicyclic amines) is 1. The fourth-order valence-corrected chi connectivity index (χ4v) is 4.82. The van der Waals surface area contributed by atoms with Crippen molar-refractivity contribution in [2.75, 3.05) is 19.7 Å². The van der Waals surface area contributed by atoms with Crippen LogP contribution >= 0.6 is 0 Å². The van der Waals surface area contributed by atoms with Gasteiger partial charge in [-0.1, -0.05) is 30.3 Å². The number of halogens is 3. The molecular weight excluding hydrogens is 425 g/mol. The Balaban J connectivity index is 1.48. The van der Waals surface area contributed by atoms with E-state index in [2.05, 4.69) is 0 Å². The molecule has 6 nitrogen and oxygen atoms in total. The molecule has 1 spiro atoms. The molecule has 2 aliphatic heterocycles. The third kappa shape index (κ3) is 4.44. The number of carbonyl (C=O) groups excluding carboxylic acids is 2. The Kier molecular flexibility index (Phi) is 5.68. The molecule has 1 unspecified atom stereocenters. The molecule has 4 rings (SSSR count). The number of nitrogens with zero attached hydrogens (tertiary/aromatic N) is 2. The quantitative estimate of drug-likeness (QED) is 0.690. The van der Waals surface area contributed by atoms with E-state index in [1.807, 2.05) is 30.3 Å². The molecule has 9 heteroatoms. The minimum atomic E-state index is -4.95. The highest BCUT2D eigenvalue weighted by molar-refractivity contribution is 5.83. The minimum absolute atomic E-state index is 0.0757. The topological polar surface area (TPSA) is 59.1 Å². The zero-order valence-corrected chi connectivity index (χ0v) is 18.5. The van der Waals surface area contributed by atoms with Crippen LogP contribution in [0.1, 0.15) is 51.5 Å². The zero-order chi connectivity index (χ0) is 23.3. The highest BCUT2D eigenvalue weighted by Gasteiger charge is 2.62. The van der Waals surface area contributed by atoms with Gasteiger partial charge >= 0.3 is 18.2 Å². The van der Waals surface area contributed by atoms with E-state index in [4.69, 9.17) is 9.47 Å². The van der Waals surface area contributed by atoms with Gasteiger partial charge in [0, 0.05) is 25.0 Å². The van der Waals surface area contributed by atoms with Crippen LogP contribution in [0, 0.1) is 0 Å². The van der Waals surface area contributed by atoms with Gasteiger partial charge in [-0.3, -0.25) is 4.79 Å². The van der Waals surface area contributed by atoms with Gasteiger partial charge in [-0.25, -0.2) is 4.79 Å². The Morgan fingerprint density at radius 2 is 1.75 bits per heavy atom. The summed E-state index contributed by atoms with van der Waals surface area (Å²) < 4.78 is 51.8. The molecule has 1 aliphatic carbocycles. The van der Waals surface area contributed by atoms with Gasteiger partial charge in [-0.15, -0.1) is 0 Å². The first-order valence-electron chi connectivity index (χ1n) is 11.0. The van der Waals surface area contributed by atoms with Crippen molar-refractivity contribution in [3.05, 3.63) is 35.9 Å². The van der Waals surface area contributed by atoms with Crippen molar-refractivity contribution < 1.29 is 32.2 Å². The van der Waals surface area contributed by atoms with E-state index in [-0.39, 0.29) is 12.5 Å². The summed E-state index contributed by atoms with van der Waals surface area (Å²) in [5.41, 5.74) is -0.550. The average molecular weight is 454 g/mol. The number of rotatable bonds is 3. The molecule has 3 fully saturated rings. The van der Waals surface area contributed by atoms with Gasteiger partial charge in [0.25, 0.3) is 0 Å². The number of piperidine rings is 1. The first kappa shape index (κ1) is 22.9. The fourth-order valence-electron chi connectivity index (χ4n) is 4.82. The van der Waals surface area contributed by atoms with Crippen molar-refractivity contribution >= 4 is 12.0 Å². The number of hydrogen-bond acceptors (Lipinski definition) is 4. The van der Waals surface area contributed by atoms with Gasteiger partial charge < -0.3 is 19.3 Å². The van der Waals surface area contributed by atoms with Gasteiger partial charge in [0.1, 0.15) is 5.60 Å². The molecule has 0 bridgehead atoms. The Hall–Kier alpha value is -2.29. The van der Waals surface area contributed by atoms with E-state index < -0.39 is 41.5 Å². The van der Waals surface area contributed by atoms with Gasteiger partial charge in [-0.05, 0) is 45.6 Å². The second-order valence-corrected chi connectivity index (χ2v) is 9.89. The minimum Gasteiger partial charge on any atom is -0.444 e. The summed E-state index contributed by atoms with van der Waals surface area (Å²) in [6.07, 6.45) is -4.17. The summed E-state index contributed by atoms with van der Waals surface area (Å²) in [5, 5.41) is 0. The van der Waals surface area contributed by atoms with Crippen molar-refractivity contribution in [3.8, 4) is 0 Å². The van der Waals surface area contributed by atoms with Crippen LogP contribution in [-0.4, -0.2) is 71.0 Å². The highest BCUT2D eigenvalue weighted by Crippen LogP contribution is 2.51. The third-order valence-corrected chi connectivity index (χ3v) is 6.55. The van der Waals surface area contributed by atoms with Crippen LogP contribution in [-0.2, 0) is 14.3 Å². The predicted octanol–water partition coefficient (Wildman–Crippen LogP) is 4.10. The molecule has 1 saturated carbocycles. The largest absolute Gasteiger partial charge is 0.471 e. The number of alkyl halides is 3. The average Bonchev–Trinajstić information content (AvgIpc) is 3.50. The maximum Gasteiger partial charge on any atom is 0.471 e. The Morgan fingerprint density at radius 3 is 2.25 bits per heavy atom. The maximum absolute atomic E-state index is 13.5. The summed E-state index contributed by atoms with van der Waals surface area (Å²) in [7, 11) is 0. The number of hydrogen-bond donors (Lipinski definition) is 0. The zero-order valence-electron chi connectivity index (χ0n) is 18.5. The first-order valence-corrected chi connectivity index (χ1v) is 11.0. The molecule has 3 aliphatic rings. The van der Waals surface area contributed by atoms with Gasteiger partial charge in [0.15, 0.2) is 0 Å². The summed E-state index contributed by atoms with van der Waals surface area (Å²) in [6.45, 7) is 6.03. The van der Waals surface area contributed by atoms with Crippen molar-refractivity contribution in [3.63, 3.8) is 0 Å². The summed E-state index contributed by atoms with van der Waals surface area (Å²) in [4.78, 5) is 27.4. The number of benzene rings is 1. The van der Waals surface area contributed by atoms with Gasteiger partial charge in [-0.2, -0.15) is 13.2 Å². The third-order valence-electron chi connectivity index (χ3n) is 6.55. The van der Waals surface area contributed by atoms with Crippen LogP contribution in [0.25, 0.3) is 0 Å². The predicted molar refractivity (Wildman–Crippen MR) is 110 cm³/mol. The molecule has 32 heavy (non-hydrogen) atoms. The normalized spacial score (nSPS) is 26.9. The number of ether oxygens (including phenoxy) is 2. The lowest BCUT2D eigenvalue weighted by Crippen LogP contribution is -2.71. The van der Waals surface area contributed by atoms with Crippen molar-refractivity contribution in [1.82, 2.24) is 9.80 Å². The fraction of sp³-hybridized carbons (Fsp3) is 0.652. The lowest BCUT2D eigenvalue weighted by Gasteiger charge is -2.56.